The van der Waals surface area contributed by atoms with Gasteiger partial charge in [-0.25, -0.2) is 4.98 Å². The Kier molecular flexibility index (Phi) is 3.85. The molecule has 0 bridgehead atoms. The molecule has 0 saturated carbocycles. The number of aryl methyl sites for hydroxylation is 1. The van der Waals surface area contributed by atoms with Crippen LogP contribution in [0.4, 0.5) is 11.4 Å². The monoisotopic (exact) mass is 336 g/mol. The Morgan fingerprint density at radius 2 is 2.28 bits per heavy atom. The number of fused-ring (bicyclic) bond motifs is 2. The third kappa shape index (κ3) is 3.18. The van der Waals surface area contributed by atoms with E-state index in [2.05, 4.69) is 25.2 Å². The van der Waals surface area contributed by atoms with E-state index in [0.29, 0.717) is 13.1 Å². The van der Waals surface area contributed by atoms with Gasteiger partial charge < -0.3 is 16.0 Å². The van der Waals surface area contributed by atoms with Gasteiger partial charge in [0, 0.05) is 48.3 Å². The highest BCUT2D eigenvalue weighted by molar-refractivity contribution is 5.94. The molecule has 1 aliphatic rings. The molecule has 1 aromatic carbocycles. The molecule has 0 aliphatic carbocycles. The van der Waals surface area contributed by atoms with Gasteiger partial charge >= 0.3 is 0 Å². The fourth-order valence-electron chi connectivity index (χ4n) is 3.27. The molecule has 4 rings (SSSR count). The van der Waals surface area contributed by atoms with Crippen molar-refractivity contribution in [2.24, 2.45) is 0 Å². The number of aromatic nitrogens is 3. The highest BCUT2D eigenvalue weighted by Crippen LogP contribution is 2.22. The van der Waals surface area contributed by atoms with E-state index in [-0.39, 0.29) is 5.91 Å². The number of aromatic amines is 1. The van der Waals surface area contributed by atoms with Gasteiger partial charge in [-0.05, 0) is 31.2 Å². The minimum atomic E-state index is -0.0403. The van der Waals surface area contributed by atoms with Crippen molar-refractivity contribution in [3.8, 4) is 0 Å². The van der Waals surface area contributed by atoms with Crippen LogP contribution < -0.4 is 11.1 Å². The minimum absolute atomic E-state index is 0.0403. The summed E-state index contributed by atoms with van der Waals surface area (Å²) in [6, 6.07) is 7.48. The second kappa shape index (κ2) is 6.18. The highest BCUT2D eigenvalue weighted by atomic mass is 16.2. The minimum Gasteiger partial charge on any atom is -0.398 e. The maximum Gasteiger partial charge on any atom is 0.238 e. The van der Waals surface area contributed by atoms with E-state index < -0.39 is 0 Å². The van der Waals surface area contributed by atoms with E-state index in [1.807, 2.05) is 31.2 Å². The molecular weight excluding hydrogens is 316 g/mol. The molecule has 0 saturated heterocycles. The van der Waals surface area contributed by atoms with E-state index in [4.69, 9.17) is 5.73 Å². The molecule has 25 heavy (non-hydrogen) atoms. The third-order valence-corrected chi connectivity index (χ3v) is 4.48. The number of rotatable bonds is 3. The van der Waals surface area contributed by atoms with Crippen LogP contribution in [-0.2, 0) is 17.8 Å². The lowest BCUT2D eigenvalue weighted by atomic mass is 10.0. The summed E-state index contributed by atoms with van der Waals surface area (Å²) in [6.45, 7) is 3.69. The van der Waals surface area contributed by atoms with Gasteiger partial charge in [0.2, 0.25) is 5.91 Å². The van der Waals surface area contributed by atoms with E-state index >= 15 is 0 Å². The standard InChI is InChI=1S/C18H20N6O/c1-11-21-16-3-2-12(8-17(16)22-11)23-18(25)10-24-7-5-15-13(9-24)14(19)4-6-20-15/h2-4,6,8H,5,7,9-10H2,1H3,(H2,19,20)(H,21,22)(H,23,25). The van der Waals surface area contributed by atoms with Crippen LogP contribution in [0.5, 0.6) is 0 Å². The van der Waals surface area contributed by atoms with Crippen molar-refractivity contribution < 1.29 is 4.79 Å². The van der Waals surface area contributed by atoms with Gasteiger partial charge in [0.1, 0.15) is 5.82 Å². The number of H-pyrrole nitrogens is 1. The molecule has 4 N–H and O–H groups in total. The Bertz CT molecular complexity index is 948. The number of anilines is 2. The quantitative estimate of drug-likeness (QED) is 0.678. The molecule has 7 heteroatoms. The molecular formula is C18H20N6O. The van der Waals surface area contributed by atoms with Crippen molar-refractivity contribution in [3.05, 3.63) is 47.5 Å². The number of hydrogen-bond donors (Lipinski definition) is 3. The number of benzene rings is 1. The van der Waals surface area contributed by atoms with Gasteiger partial charge in [0.15, 0.2) is 0 Å². The van der Waals surface area contributed by atoms with Gasteiger partial charge in [-0.15, -0.1) is 0 Å². The van der Waals surface area contributed by atoms with E-state index in [1.165, 1.54) is 0 Å². The second-order valence-electron chi connectivity index (χ2n) is 6.39. The van der Waals surface area contributed by atoms with Crippen molar-refractivity contribution in [1.29, 1.82) is 0 Å². The number of carbonyl (C=O) groups is 1. The number of amides is 1. The van der Waals surface area contributed by atoms with Gasteiger partial charge in [0.05, 0.1) is 17.6 Å². The zero-order chi connectivity index (χ0) is 17.4. The van der Waals surface area contributed by atoms with Crippen molar-refractivity contribution in [2.75, 3.05) is 24.1 Å². The van der Waals surface area contributed by atoms with Gasteiger partial charge in [-0.3, -0.25) is 14.7 Å². The predicted octanol–water partition coefficient (Wildman–Crippen LogP) is 1.85. The lowest BCUT2D eigenvalue weighted by molar-refractivity contribution is -0.117. The SMILES string of the molecule is Cc1nc2ccc(NC(=O)CN3CCc4nccc(N)c4C3)cc2[nH]1. The molecule has 0 atom stereocenters. The fraction of sp³-hybridized carbons (Fsp3) is 0.278. The Morgan fingerprint density at radius 3 is 3.16 bits per heavy atom. The van der Waals surface area contributed by atoms with Crippen LogP contribution in [0.1, 0.15) is 17.1 Å². The number of nitrogens with one attached hydrogen (secondary N) is 2. The van der Waals surface area contributed by atoms with E-state index in [0.717, 1.165) is 52.5 Å². The number of carbonyl (C=O) groups excluding carboxylic acids is 1. The fourth-order valence-corrected chi connectivity index (χ4v) is 3.27. The summed E-state index contributed by atoms with van der Waals surface area (Å²) in [6.07, 6.45) is 2.55. The Morgan fingerprint density at radius 1 is 1.40 bits per heavy atom. The number of pyridine rings is 1. The summed E-state index contributed by atoms with van der Waals surface area (Å²) in [5.74, 6) is 0.818. The number of nitrogens with zero attached hydrogens (tertiary/aromatic N) is 3. The van der Waals surface area contributed by atoms with Gasteiger partial charge in [0.25, 0.3) is 0 Å². The maximum absolute atomic E-state index is 12.4. The molecule has 3 heterocycles. The number of nitrogens with two attached hydrogens (primary N) is 1. The molecule has 1 aliphatic heterocycles. The molecule has 3 aromatic rings. The topological polar surface area (TPSA) is 99.9 Å². The van der Waals surface area contributed by atoms with Crippen LogP contribution in [0.3, 0.4) is 0 Å². The van der Waals surface area contributed by atoms with Crippen LogP contribution in [0.15, 0.2) is 30.5 Å². The first-order valence-corrected chi connectivity index (χ1v) is 8.29. The molecule has 2 aromatic heterocycles. The third-order valence-electron chi connectivity index (χ3n) is 4.48. The number of nitrogen functional groups attached to an aromatic ring is 1. The molecule has 1 amide bonds. The van der Waals surface area contributed by atoms with E-state index in [1.54, 1.807) is 6.20 Å². The average Bonchev–Trinajstić information content (AvgIpc) is 2.95. The normalized spacial score (nSPS) is 14.4. The maximum atomic E-state index is 12.4. The lowest BCUT2D eigenvalue weighted by Crippen LogP contribution is -2.37. The summed E-state index contributed by atoms with van der Waals surface area (Å²) in [5.41, 5.74) is 11.4. The molecule has 0 fully saturated rings. The first-order valence-electron chi connectivity index (χ1n) is 8.29. The number of hydrogen-bond acceptors (Lipinski definition) is 5. The van der Waals surface area contributed by atoms with Crippen molar-refractivity contribution in [2.45, 2.75) is 19.9 Å². The molecule has 0 radical (unpaired) electrons. The van der Waals surface area contributed by atoms with Crippen LogP contribution in [0, 0.1) is 6.92 Å². The number of imidazole rings is 1. The smallest absolute Gasteiger partial charge is 0.238 e. The van der Waals surface area contributed by atoms with Crippen molar-refractivity contribution >= 4 is 28.3 Å². The van der Waals surface area contributed by atoms with Crippen molar-refractivity contribution in [3.63, 3.8) is 0 Å². The summed E-state index contributed by atoms with van der Waals surface area (Å²) in [4.78, 5) is 26.4. The molecule has 0 unspecified atom stereocenters. The first-order chi connectivity index (χ1) is 12.1. The molecule has 0 spiro atoms. The van der Waals surface area contributed by atoms with Crippen LogP contribution in [0.2, 0.25) is 0 Å². The van der Waals surface area contributed by atoms with Crippen LogP contribution in [-0.4, -0.2) is 38.8 Å². The van der Waals surface area contributed by atoms with Gasteiger partial charge in [-0.1, -0.05) is 0 Å². The van der Waals surface area contributed by atoms with Gasteiger partial charge in [-0.2, -0.15) is 0 Å². The zero-order valence-electron chi connectivity index (χ0n) is 14.0. The zero-order valence-corrected chi connectivity index (χ0v) is 14.0. The summed E-state index contributed by atoms with van der Waals surface area (Å²) >= 11 is 0. The van der Waals surface area contributed by atoms with Crippen LogP contribution in [0.25, 0.3) is 11.0 Å². The van der Waals surface area contributed by atoms with Crippen molar-refractivity contribution in [1.82, 2.24) is 19.9 Å². The molecule has 128 valence electrons. The first kappa shape index (κ1) is 15.6. The Hall–Kier alpha value is -2.93. The second-order valence-corrected chi connectivity index (χ2v) is 6.39. The largest absolute Gasteiger partial charge is 0.398 e. The Balaban J connectivity index is 1.42. The Labute approximate surface area is 145 Å². The summed E-state index contributed by atoms with van der Waals surface area (Å²) in [7, 11) is 0. The highest BCUT2D eigenvalue weighted by Gasteiger charge is 2.21. The van der Waals surface area contributed by atoms with Crippen LogP contribution >= 0.6 is 0 Å². The lowest BCUT2D eigenvalue weighted by Gasteiger charge is -2.28. The van der Waals surface area contributed by atoms with E-state index in [9.17, 15) is 4.79 Å². The average molecular weight is 336 g/mol. The summed E-state index contributed by atoms with van der Waals surface area (Å²) in [5, 5.41) is 2.95. The predicted molar refractivity (Wildman–Crippen MR) is 97.1 cm³/mol. The molecule has 7 nitrogen and oxygen atoms in total. The summed E-state index contributed by atoms with van der Waals surface area (Å²) < 4.78 is 0.